The summed E-state index contributed by atoms with van der Waals surface area (Å²) in [6.07, 6.45) is 6.65. The first-order valence-corrected chi connectivity index (χ1v) is 19.4. The number of thioether (sulfide) groups is 1. The summed E-state index contributed by atoms with van der Waals surface area (Å²) >= 11 is 1.51. The molecule has 2 aliphatic heterocycles. The molecule has 1 unspecified atom stereocenters. The van der Waals surface area contributed by atoms with Crippen LogP contribution in [0.1, 0.15) is 59.8 Å². The van der Waals surface area contributed by atoms with Gasteiger partial charge in [0, 0.05) is 72.9 Å². The number of carbonyl (C=O) groups is 1. The van der Waals surface area contributed by atoms with Crippen molar-refractivity contribution < 1.29 is 19.0 Å². The quantitative estimate of drug-likeness (QED) is 0.339. The summed E-state index contributed by atoms with van der Waals surface area (Å²) in [6, 6.07) is 4.55. The summed E-state index contributed by atoms with van der Waals surface area (Å²) in [5.74, 6) is 0.818. The lowest BCUT2D eigenvalue weighted by Crippen LogP contribution is -2.57. The molecule has 1 aromatic heterocycles. The number of H-pyrrole nitrogens is 1. The molecule has 3 aliphatic rings. The standard InChI is InChI=1S/C31H45N3O5SSi/c1-18-13-25(40-5)24(30(36)33-18)15-32-29(35)23-14-26(41(6,7)8)28-27(19(23)2)38-31(3,39-28)20-9-11-21(12-10-20)34-16-22(17-34)37-4/h13-14,20-22H,9-12,15-17H2,1-8H3,(H,32,35)(H,33,36). The van der Waals surface area contributed by atoms with Gasteiger partial charge in [0.1, 0.15) is 0 Å². The lowest BCUT2D eigenvalue weighted by molar-refractivity contribution is -0.130. The highest BCUT2D eigenvalue weighted by atomic mass is 32.2. The van der Waals surface area contributed by atoms with E-state index < -0.39 is 13.9 Å². The van der Waals surface area contributed by atoms with Crippen molar-refractivity contribution in [1.82, 2.24) is 15.2 Å². The minimum Gasteiger partial charge on any atom is -0.449 e. The molecule has 1 saturated carbocycles. The Hall–Kier alpha value is -2.27. The zero-order chi connectivity index (χ0) is 29.7. The maximum atomic E-state index is 13.6. The predicted octanol–water partition coefficient (Wildman–Crippen LogP) is 4.57. The minimum absolute atomic E-state index is 0.157. The van der Waals surface area contributed by atoms with Crippen molar-refractivity contribution in [3.63, 3.8) is 0 Å². The van der Waals surface area contributed by atoms with Gasteiger partial charge in [-0.05, 0) is 63.1 Å². The fraction of sp³-hybridized carbons (Fsp3) is 0.613. The number of nitrogens with one attached hydrogen (secondary N) is 2. The van der Waals surface area contributed by atoms with Crippen LogP contribution in [0.25, 0.3) is 0 Å². The number of rotatable bonds is 8. The number of carbonyl (C=O) groups excluding carboxylic acids is 1. The normalized spacial score (nSPS) is 24.8. The molecule has 5 rings (SSSR count). The van der Waals surface area contributed by atoms with Gasteiger partial charge in [0.15, 0.2) is 11.5 Å². The lowest BCUT2D eigenvalue weighted by atomic mass is 9.80. The van der Waals surface area contributed by atoms with Crippen molar-refractivity contribution in [1.29, 1.82) is 0 Å². The second kappa shape index (κ2) is 11.4. The number of aromatic amines is 1. The first-order chi connectivity index (χ1) is 19.3. The number of likely N-dealkylation sites (tertiary alicyclic amines) is 1. The Morgan fingerprint density at radius 3 is 2.41 bits per heavy atom. The number of fused-ring (bicyclic) bond motifs is 1. The number of nitrogens with zero attached hydrogens (tertiary/aromatic N) is 1. The Morgan fingerprint density at radius 2 is 1.80 bits per heavy atom. The minimum atomic E-state index is -1.91. The van der Waals surface area contributed by atoms with Gasteiger partial charge < -0.3 is 24.5 Å². The molecule has 10 heteroatoms. The third-order valence-corrected chi connectivity index (χ3v) is 12.0. The van der Waals surface area contributed by atoms with Crippen LogP contribution in [0.3, 0.4) is 0 Å². The van der Waals surface area contributed by atoms with E-state index >= 15 is 0 Å². The molecule has 2 aromatic rings. The number of amides is 1. The Bertz CT molecular complexity index is 1380. The maximum Gasteiger partial charge on any atom is 0.254 e. The molecule has 3 heterocycles. The molecule has 1 saturated heterocycles. The molecule has 1 amide bonds. The van der Waals surface area contributed by atoms with Crippen molar-refractivity contribution in [2.45, 2.75) is 95.5 Å². The van der Waals surface area contributed by atoms with Crippen molar-refractivity contribution >= 4 is 30.9 Å². The first-order valence-electron chi connectivity index (χ1n) is 14.7. The first kappa shape index (κ1) is 30.2. The molecule has 8 nitrogen and oxygen atoms in total. The molecular formula is C31H45N3O5SSi. The summed E-state index contributed by atoms with van der Waals surface area (Å²) in [5.41, 5.74) is 2.57. The molecule has 41 heavy (non-hydrogen) atoms. The van der Waals surface area contributed by atoms with Gasteiger partial charge in [-0.3, -0.25) is 14.5 Å². The fourth-order valence-electron chi connectivity index (χ4n) is 6.52. The van der Waals surface area contributed by atoms with E-state index in [1.807, 2.05) is 32.2 Å². The number of benzene rings is 1. The number of aryl methyl sites for hydroxylation is 1. The average Bonchev–Trinajstić information content (AvgIpc) is 3.25. The van der Waals surface area contributed by atoms with Gasteiger partial charge in [-0.1, -0.05) is 19.6 Å². The Kier molecular flexibility index (Phi) is 8.42. The van der Waals surface area contributed by atoms with Crippen molar-refractivity contribution in [2.24, 2.45) is 5.92 Å². The van der Waals surface area contributed by atoms with Gasteiger partial charge in [0.25, 0.3) is 17.3 Å². The zero-order valence-corrected chi connectivity index (χ0v) is 27.5. The fourth-order valence-corrected chi connectivity index (χ4v) is 8.65. The molecule has 1 atom stereocenters. The van der Waals surface area contributed by atoms with Crippen LogP contribution in [-0.2, 0) is 11.3 Å². The number of methoxy groups -OCH3 is 1. The third-order valence-electron chi connectivity index (χ3n) is 9.19. The van der Waals surface area contributed by atoms with Gasteiger partial charge in [0.05, 0.1) is 14.2 Å². The monoisotopic (exact) mass is 599 g/mol. The van der Waals surface area contributed by atoms with E-state index in [0.717, 1.165) is 65.9 Å². The predicted molar refractivity (Wildman–Crippen MR) is 167 cm³/mol. The molecule has 0 bridgehead atoms. The van der Waals surface area contributed by atoms with Crippen molar-refractivity contribution in [3.8, 4) is 11.5 Å². The van der Waals surface area contributed by atoms with Gasteiger partial charge in [-0.2, -0.15) is 0 Å². The highest BCUT2D eigenvalue weighted by molar-refractivity contribution is 7.98. The zero-order valence-electron chi connectivity index (χ0n) is 25.7. The molecule has 1 aliphatic carbocycles. The highest BCUT2D eigenvalue weighted by Gasteiger charge is 2.49. The number of ether oxygens (including phenoxy) is 3. The van der Waals surface area contributed by atoms with E-state index in [1.165, 1.54) is 11.8 Å². The summed E-state index contributed by atoms with van der Waals surface area (Å²) in [5, 5.41) is 4.10. The van der Waals surface area contributed by atoms with Gasteiger partial charge >= 0.3 is 0 Å². The molecular weight excluding hydrogens is 555 g/mol. The van der Waals surface area contributed by atoms with Gasteiger partial charge in [-0.15, -0.1) is 11.8 Å². The van der Waals surface area contributed by atoms with Crippen LogP contribution in [0.5, 0.6) is 11.5 Å². The topological polar surface area (TPSA) is 92.9 Å². The van der Waals surface area contributed by atoms with E-state index in [4.69, 9.17) is 14.2 Å². The molecule has 224 valence electrons. The summed E-state index contributed by atoms with van der Waals surface area (Å²) in [6.45, 7) is 14.9. The van der Waals surface area contributed by atoms with Crippen molar-refractivity contribution in [2.75, 3.05) is 26.5 Å². The number of hydrogen-bond acceptors (Lipinski definition) is 7. The van der Waals surface area contributed by atoms with Crippen LogP contribution in [0.2, 0.25) is 19.6 Å². The second-order valence-corrected chi connectivity index (χ2v) is 18.9. The second-order valence-electron chi connectivity index (χ2n) is 13.1. The Morgan fingerprint density at radius 1 is 1.15 bits per heavy atom. The number of hydrogen-bond donors (Lipinski definition) is 2. The largest absolute Gasteiger partial charge is 0.449 e. The maximum absolute atomic E-state index is 13.6. The summed E-state index contributed by atoms with van der Waals surface area (Å²) in [7, 11) is -0.119. The summed E-state index contributed by atoms with van der Waals surface area (Å²) < 4.78 is 19.0. The lowest BCUT2D eigenvalue weighted by Gasteiger charge is -2.47. The highest BCUT2D eigenvalue weighted by Crippen LogP contribution is 2.48. The van der Waals surface area contributed by atoms with E-state index in [9.17, 15) is 9.59 Å². The van der Waals surface area contributed by atoms with E-state index in [0.29, 0.717) is 29.0 Å². The van der Waals surface area contributed by atoms with Crippen LogP contribution in [0.15, 0.2) is 21.8 Å². The van der Waals surface area contributed by atoms with Crippen LogP contribution in [0.4, 0.5) is 0 Å². The van der Waals surface area contributed by atoms with Crippen LogP contribution >= 0.6 is 11.8 Å². The molecule has 0 radical (unpaired) electrons. The van der Waals surface area contributed by atoms with Crippen molar-refractivity contribution in [3.05, 3.63) is 44.9 Å². The van der Waals surface area contributed by atoms with Gasteiger partial charge in [0.2, 0.25) is 0 Å². The SMILES string of the molecule is COC1CN(C2CCC(C3(C)Oc4c([Si](C)(C)C)cc(C(=O)NCc5c(SC)cc(C)[nH]c5=O)c(C)c4O3)CC2)C1. The van der Waals surface area contributed by atoms with Crippen LogP contribution in [0, 0.1) is 19.8 Å². The number of aromatic nitrogens is 1. The Balaban J connectivity index is 1.36. The Labute approximate surface area is 248 Å². The molecule has 2 N–H and O–H groups in total. The number of pyridine rings is 1. The van der Waals surface area contributed by atoms with Crippen LogP contribution < -0.4 is 25.5 Å². The van der Waals surface area contributed by atoms with E-state index in [2.05, 4.69) is 41.8 Å². The average molecular weight is 600 g/mol. The van der Waals surface area contributed by atoms with Crippen LogP contribution in [-0.4, -0.2) is 68.3 Å². The van der Waals surface area contributed by atoms with E-state index in [-0.39, 0.29) is 23.9 Å². The van der Waals surface area contributed by atoms with E-state index in [1.54, 1.807) is 7.11 Å². The summed E-state index contributed by atoms with van der Waals surface area (Å²) in [4.78, 5) is 32.5. The third kappa shape index (κ3) is 5.85. The van der Waals surface area contributed by atoms with Gasteiger partial charge in [-0.25, -0.2) is 0 Å². The molecule has 2 fully saturated rings. The molecule has 1 aromatic carbocycles. The smallest absolute Gasteiger partial charge is 0.254 e. The molecule has 0 spiro atoms.